The Labute approximate surface area is 128 Å². The van der Waals surface area contributed by atoms with Gasteiger partial charge in [-0.1, -0.05) is 0 Å². The van der Waals surface area contributed by atoms with Gasteiger partial charge in [-0.2, -0.15) is 5.10 Å². The topological polar surface area (TPSA) is 86.1 Å². The summed E-state index contributed by atoms with van der Waals surface area (Å²) < 4.78 is 6.13. The Balaban J connectivity index is 2.25. The second kappa shape index (κ2) is 6.84. The molecule has 0 aliphatic rings. The van der Waals surface area contributed by atoms with Crippen molar-refractivity contribution in [2.24, 2.45) is 0 Å². The minimum Gasteiger partial charge on any atom is -0.481 e. The molecule has 1 amide bonds. The maximum atomic E-state index is 11.8. The number of rotatable bonds is 5. The van der Waals surface area contributed by atoms with E-state index < -0.39 is 0 Å². The molecule has 0 spiro atoms. The van der Waals surface area contributed by atoms with Gasteiger partial charge in [0.2, 0.25) is 11.8 Å². The van der Waals surface area contributed by atoms with Gasteiger partial charge in [-0.15, -0.1) is 0 Å². The van der Waals surface area contributed by atoms with Crippen LogP contribution in [-0.4, -0.2) is 33.8 Å². The Hall–Kier alpha value is -2.70. The summed E-state index contributed by atoms with van der Waals surface area (Å²) in [5.41, 5.74) is 0.968. The molecule has 0 fully saturated rings. The molecule has 0 radical (unpaired) electrons. The molecular formula is C15H18N4O3. The van der Waals surface area contributed by atoms with Gasteiger partial charge in [0.15, 0.2) is 0 Å². The van der Waals surface area contributed by atoms with Gasteiger partial charge in [-0.25, -0.2) is 9.67 Å². The molecule has 2 aromatic heterocycles. The third-order valence-corrected chi connectivity index (χ3v) is 2.85. The van der Waals surface area contributed by atoms with Gasteiger partial charge in [0.1, 0.15) is 6.54 Å². The lowest BCUT2D eigenvalue weighted by molar-refractivity contribution is -0.122. The third kappa shape index (κ3) is 3.91. The van der Waals surface area contributed by atoms with Gasteiger partial charge in [0.05, 0.1) is 12.8 Å². The van der Waals surface area contributed by atoms with Crippen LogP contribution in [0.2, 0.25) is 0 Å². The second-order valence-electron chi connectivity index (χ2n) is 5.03. The van der Waals surface area contributed by atoms with Gasteiger partial charge in [-0.05, 0) is 26.0 Å². The second-order valence-corrected chi connectivity index (χ2v) is 5.03. The number of methoxy groups -OCH3 is 1. The number of carbonyl (C=O) groups excluding carboxylic acids is 1. The first-order valence-electron chi connectivity index (χ1n) is 6.87. The third-order valence-electron chi connectivity index (χ3n) is 2.85. The van der Waals surface area contributed by atoms with Crippen molar-refractivity contribution in [1.29, 1.82) is 0 Å². The van der Waals surface area contributed by atoms with Crippen molar-refractivity contribution in [2.75, 3.05) is 7.11 Å². The zero-order chi connectivity index (χ0) is 16.1. The van der Waals surface area contributed by atoms with E-state index in [-0.39, 0.29) is 24.1 Å². The van der Waals surface area contributed by atoms with Crippen molar-refractivity contribution in [1.82, 2.24) is 20.1 Å². The molecule has 1 N–H and O–H groups in total. The van der Waals surface area contributed by atoms with Crippen molar-refractivity contribution >= 4 is 5.91 Å². The molecule has 0 aliphatic carbocycles. The fraction of sp³-hybridized carbons (Fsp3) is 0.333. The summed E-state index contributed by atoms with van der Waals surface area (Å²) in [4.78, 5) is 27.7. The van der Waals surface area contributed by atoms with E-state index in [4.69, 9.17) is 4.74 Å². The molecule has 0 aliphatic heterocycles. The van der Waals surface area contributed by atoms with Crippen LogP contribution in [0.4, 0.5) is 0 Å². The van der Waals surface area contributed by atoms with Gasteiger partial charge in [-0.3, -0.25) is 9.59 Å². The van der Waals surface area contributed by atoms with Crippen LogP contribution in [0.5, 0.6) is 5.88 Å². The molecular weight excluding hydrogens is 284 g/mol. The van der Waals surface area contributed by atoms with Gasteiger partial charge in [0, 0.05) is 29.9 Å². The number of aromatic nitrogens is 3. The molecule has 7 nitrogen and oxygen atoms in total. The Morgan fingerprint density at radius 3 is 2.68 bits per heavy atom. The first kappa shape index (κ1) is 15.7. The van der Waals surface area contributed by atoms with Crippen LogP contribution >= 0.6 is 0 Å². The highest BCUT2D eigenvalue weighted by Crippen LogP contribution is 2.16. The molecule has 7 heteroatoms. The van der Waals surface area contributed by atoms with E-state index in [9.17, 15) is 9.59 Å². The van der Waals surface area contributed by atoms with Crippen LogP contribution in [0.15, 0.2) is 35.3 Å². The summed E-state index contributed by atoms with van der Waals surface area (Å²) in [5.74, 6) is 0.239. The zero-order valence-electron chi connectivity index (χ0n) is 12.7. The van der Waals surface area contributed by atoms with Crippen molar-refractivity contribution in [3.05, 3.63) is 40.8 Å². The van der Waals surface area contributed by atoms with Gasteiger partial charge in [0.25, 0.3) is 5.56 Å². The predicted molar refractivity (Wildman–Crippen MR) is 81.6 cm³/mol. The summed E-state index contributed by atoms with van der Waals surface area (Å²) in [7, 11) is 1.54. The average Bonchev–Trinajstić information content (AvgIpc) is 2.49. The molecule has 116 valence electrons. The van der Waals surface area contributed by atoms with E-state index in [1.54, 1.807) is 24.4 Å². The number of hydrogen-bond donors (Lipinski definition) is 1. The first-order chi connectivity index (χ1) is 10.5. The summed E-state index contributed by atoms with van der Waals surface area (Å²) in [5, 5.41) is 6.93. The van der Waals surface area contributed by atoms with Crippen LogP contribution in [0, 0.1) is 0 Å². The minimum atomic E-state index is -0.330. The van der Waals surface area contributed by atoms with Crippen LogP contribution < -0.4 is 15.6 Å². The number of pyridine rings is 1. The molecule has 2 rings (SSSR count). The molecule has 2 aromatic rings. The van der Waals surface area contributed by atoms with Crippen LogP contribution in [0.3, 0.4) is 0 Å². The van der Waals surface area contributed by atoms with E-state index in [0.29, 0.717) is 11.6 Å². The summed E-state index contributed by atoms with van der Waals surface area (Å²) in [6.45, 7) is 3.59. The van der Waals surface area contributed by atoms with E-state index in [1.165, 1.54) is 13.2 Å². The number of amides is 1. The number of nitrogens with zero attached hydrogens (tertiary/aromatic N) is 3. The smallest absolute Gasteiger partial charge is 0.267 e. The van der Waals surface area contributed by atoms with Crippen molar-refractivity contribution < 1.29 is 9.53 Å². The molecule has 0 aromatic carbocycles. The van der Waals surface area contributed by atoms with E-state index >= 15 is 0 Å². The van der Waals surface area contributed by atoms with Crippen molar-refractivity contribution in [2.45, 2.75) is 26.4 Å². The Kier molecular flexibility index (Phi) is 4.88. The van der Waals surface area contributed by atoms with Gasteiger partial charge < -0.3 is 10.1 Å². The SMILES string of the molecule is COc1ccc(-c2ccc(=O)n(CC(=O)NC(C)C)n2)cn1. The monoisotopic (exact) mass is 302 g/mol. The first-order valence-corrected chi connectivity index (χ1v) is 6.87. The number of ether oxygens (including phenoxy) is 1. The quantitative estimate of drug-likeness (QED) is 0.884. The maximum Gasteiger partial charge on any atom is 0.267 e. The highest BCUT2D eigenvalue weighted by Gasteiger charge is 2.09. The molecule has 2 heterocycles. The maximum absolute atomic E-state index is 11.8. The largest absolute Gasteiger partial charge is 0.481 e. The summed E-state index contributed by atoms with van der Waals surface area (Å²) in [6, 6.07) is 6.49. The Morgan fingerprint density at radius 1 is 1.32 bits per heavy atom. The van der Waals surface area contributed by atoms with E-state index in [1.807, 2.05) is 13.8 Å². The molecule has 0 atom stereocenters. The van der Waals surface area contributed by atoms with E-state index in [2.05, 4.69) is 15.4 Å². The minimum absolute atomic E-state index is 0.0113. The fourth-order valence-corrected chi connectivity index (χ4v) is 1.87. The highest BCUT2D eigenvalue weighted by atomic mass is 16.5. The molecule has 22 heavy (non-hydrogen) atoms. The summed E-state index contributed by atoms with van der Waals surface area (Å²) >= 11 is 0. The number of carbonyl (C=O) groups is 1. The Bertz CT molecular complexity index is 707. The average molecular weight is 302 g/mol. The van der Waals surface area contributed by atoms with Gasteiger partial charge >= 0.3 is 0 Å². The van der Waals surface area contributed by atoms with Crippen LogP contribution in [-0.2, 0) is 11.3 Å². The number of nitrogens with one attached hydrogen (secondary N) is 1. The van der Waals surface area contributed by atoms with E-state index in [0.717, 1.165) is 10.2 Å². The summed E-state index contributed by atoms with van der Waals surface area (Å²) in [6.07, 6.45) is 1.60. The molecule has 0 saturated carbocycles. The van der Waals surface area contributed by atoms with Crippen molar-refractivity contribution in [3.8, 4) is 17.1 Å². The zero-order valence-corrected chi connectivity index (χ0v) is 12.7. The van der Waals surface area contributed by atoms with Crippen LogP contribution in [0.1, 0.15) is 13.8 Å². The standard InChI is InChI=1S/C15H18N4O3/c1-10(2)17-13(20)9-19-15(21)7-5-12(18-19)11-4-6-14(22-3)16-8-11/h4-8,10H,9H2,1-3H3,(H,17,20). The molecule has 0 unspecified atom stereocenters. The number of hydrogen-bond acceptors (Lipinski definition) is 5. The lowest BCUT2D eigenvalue weighted by atomic mass is 10.2. The Morgan fingerprint density at radius 2 is 2.09 bits per heavy atom. The predicted octanol–water partition coefficient (Wildman–Crippen LogP) is 0.838. The lowest BCUT2D eigenvalue weighted by Gasteiger charge is -2.10. The van der Waals surface area contributed by atoms with Crippen LogP contribution in [0.25, 0.3) is 11.3 Å². The fourth-order valence-electron chi connectivity index (χ4n) is 1.87. The lowest BCUT2D eigenvalue weighted by Crippen LogP contribution is -2.36. The molecule has 0 bridgehead atoms. The normalized spacial score (nSPS) is 10.5. The highest BCUT2D eigenvalue weighted by molar-refractivity contribution is 5.75. The van der Waals surface area contributed by atoms with Crippen molar-refractivity contribution in [3.63, 3.8) is 0 Å². The molecule has 0 saturated heterocycles.